The van der Waals surface area contributed by atoms with E-state index in [1.807, 2.05) is 0 Å². The van der Waals surface area contributed by atoms with Crippen molar-refractivity contribution >= 4 is 15.7 Å². The van der Waals surface area contributed by atoms with Gasteiger partial charge in [-0.3, -0.25) is 4.31 Å². The lowest BCUT2D eigenvalue weighted by Gasteiger charge is -2.25. The Labute approximate surface area is 156 Å². The summed E-state index contributed by atoms with van der Waals surface area (Å²) in [6.07, 6.45) is 0. The van der Waals surface area contributed by atoms with E-state index in [-0.39, 0.29) is 17.1 Å². The molecule has 0 fully saturated rings. The molecule has 0 radical (unpaired) electrons. The predicted molar refractivity (Wildman–Crippen MR) is 99.2 cm³/mol. The molecular formula is C20H17F2NO3S. The summed E-state index contributed by atoms with van der Waals surface area (Å²) in [6.45, 7) is -0.142. The molecule has 3 rings (SSSR count). The maximum Gasteiger partial charge on any atom is 0.264 e. The van der Waals surface area contributed by atoms with E-state index in [0.717, 1.165) is 16.4 Å². The molecule has 4 nitrogen and oxygen atoms in total. The van der Waals surface area contributed by atoms with E-state index in [9.17, 15) is 17.2 Å². The van der Waals surface area contributed by atoms with Gasteiger partial charge in [-0.2, -0.15) is 0 Å². The molecule has 0 aromatic heterocycles. The molecule has 0 saturated carbocycles. The van der Waals surface area contributed by atoms with Crippen LogP contribution in [0.4, 0.5) is 14.5 Å². The standard InChI is InChI=1S/C20H17F2NO3S/c1-26-17-8-4-6-15(12-17)14-23(20-11-3-2-10-19(20)22)27(24,25)18-9-5-7-16(21)13-18/h2-13H,14H2,1H3. The van der Waals surface area contributed by atoms with Crippen LogP contribution in [0.5, 0.6) is 5.75 Å². The number of nitrogens with zero attached hydrogens (tertiary/aromatic N) is 1. The molecule has 0 saturated heterocycles. The van der Waals surface area contributed by atoms with Crippen LogP contribution >= 0.6 is 0 Å². The van der Waals surface area contributed by atoms with Crippen LogP contribution in [0.25, 0.3) is 0 Å². The quantitative estimate of drug-likeness (QED) is 0.629. The number of rotatable bonds is 6. The Morgan fingerprint density at radius 1 is 0.926 bits per heavy atom. The minimum atomic E-state index is -4.20. The molecule has 0 N–H and O–H groups in total. The molecule has 0 heterocycles. The number of methoxy groups -OCH3 is 1. The molecule has 140 valence electrons. The highest BCUT2D eigenvalue weighted by Gasteiger charge is 2.27. The molecule has 0 spiro atoms. The summed E-state index contributed by atoms with van der Waals surface area (Å²) in [6, 6.07) is 17.0. The molecule has 0 aliphatic carbocycles. The molecule has 0 atom stereocenters. The average Bonchev–Trinajstić information content (AvgIpc) is 2.67. The SMILES string of the molecule is COc1cccc(CN(c2ccccc2F)S(=O)(=O)c2cccc(F)c2)c1. The lowest BCUT2D eigenvalue weighted by atomic mass is 10.2. The van der Waals surface area contributed by atoms with E-state index in [4.69, 9.17) is 4.74 Å². The van der Waals surface area contributed by atoms with Crippen LogP contribution in [0.3, 0.4) is 0 Å². The topological polar surface area (TPSA) is 46.6 Å². The van der Waals surface area contributed by atoms with E-state index in [1.54, 1.807) is 24.3 Å². The van der Waals surface area contributed by atoms with Crippen molar-refractivity contribution in [3.05, 3.63) is 90.0 Å². The number of halogens is 2. The van der Waals surface area contributed by atoms with Gasteiger partial charge >= 0.3 is 0 Å². The van der Waals surface area contributed by atoms with Crippen LogP contribution < -0.4 is 9.04 Å². The zero-order chi connectivity index (χ0) is 19.4. The molecular weight excluding hydrogens is 372 g/mol. The van der Waals surface area contributed by atoms with Gasteiger partial charge in [-0.15, -0.1) is 0 Å². The van der Waals surface area contributed by atoms with Gasteiger partial charge in [-0.05, 0) is 48.0 Å². The van der Waals surface area contributed by atoms with Gasteiger partial charge in [0.05, 0.1) is 24.2 Å². The summed E-state index contributed by atoms with van der Waals surface area (Å²) in [5, 5.41) is 0. The van der Waals surface area contributed by atoms with E-state index in [2.05, 4.69) is 0 Å². The fourth-order valence-corrected chi connectivity index (χ4v) is 4.14. The first-order valence-electron chi connectivity index (χ1n) is 8.07. The molecule has 0 aliphatic heterocycles. The Kier molecular flexibility index (Phi) is 5.41. The van der Waals surface area contributed by atoms with Crippen LogP contribution in [0, 0.1) is 11.6 Å². The van der Waals surface area contributed by atoms with E-state index >= 15 is 0 Å². The van der Waals surface area contributed by atoms with Gasteiger partial charge < -0.3 is 4.74 Å². The second-order valence-corrected chi connectivity index (χ2v) is 7.63. The second-order valence-electron chi connectivity index (χ2n) is 5.77. The Morgan fingerprint density at radius 3 is 2.37 bits per heavy atom. The van der Waals surface area contributed by atoms with Crippen LogP contribution in [0.1, 0.15) is 5.56 Å². The fourth-order valence-electron chi connectivity index (χ4n) is 2.64. The Bertz CT molecular complexity index is 1050. The number of sulfonamides is 1. The second kappa shape index (κ2) is 7.75. The van der Waals surface area contributed by atoms with E-state index < -0.39 is 21.7 Å². The van der Waals surface area contributed by atoms with Gasteiger partial charge in [-0.1, -0.05) is 30.3 Å². The summed E-state index contributed by atoms with van der Waals surface area (Å²) in [5.41, 5.74) is 0.474. The maximum atomic E-state index is 14.4. The highest BCUT2D eigenvalue weighted by Crippen LogP contribution is 2.29. The van der Waals surface area contributed by atoms with E-state index in [1.165, 1.54) is 43.5 Å². The maximum absolute atomic E-state index is 14.4. The Hall–Kier alpha value is -2.93. The highest BCUT2D eigenvalue weighted by atomic mass is 32.2. The summed E-state index contributed by atoms with van der Waals surface area (Å²) >= 11 is 0. The largest absolute Gasteiger partial charge is 0.497 e. The smallest absolute Gasteiger partial charge is 0.264 e. The highest BCUT2D eigenvalue weighted by molar-refractivity contribution is 7.92. The zero-order valence-corrected chi connectivity index (χ0v) is 15.3. The number of anilines is 1. The van der Waals surface area contributed by atoms with Crippen LogP contribution in [-0.4, -0.2) is 15.5 Å². The number of hydrogen-bond acceptors (Lipinski definition) is 3. The van der Waals surface area contributed by atoms with Crippen molar-refractivity contribution < 1.29 is 21.9 Å². The first-order valence-corrected chi connectivity index (χ1v) is 9.51. The molecule has 27 heavy (non-hydrogen) atoms. The summed E-state index contributed by atoms with van der Waals surface area (Å²) < 4.78 is 60.4. The monoisotopic (exact) mass is 389 g/mol. The van der Waals surface area contributed by atoms with Crippen molar-refractivity contribution in [1.82, 2.24) is 0 Å². The van der Waals surface area contributed by atoms with Crippen LogP contribution in [0.15, 0.2) is 77.7 Å². The number of hydrogen-bond donors (Lipinski definition) is 0. The van der Waals surface area contributed by atoms with Crippen LogP contribution in [0.2, 0.25) is 0 Å². The van der Waals surface area contributed by atoms with Crippen molar-refractivity contribution in [3.8, 4) is 5.75 Å². The van der Waals surface area contributed by atoms with Crippen molar-refractivity contribution in [3.63, 3.8) is 0 Å². The van der Waals surface area contributed by atoms with Crippen molar-refractivity contribution in [2.24, 2.45) is 0 Å². The van der Waals surface area contributed by atoms with Gasteiger partial charge in [0.1, 0.15) is 17.4 Å². The van der Waals surface area contributed by atoms with Gasteiger partial charge in [0.15, 0.2) is 0 Å². The van der Waals surface area contributed by atoms with E-state index in [0.29, 0.717) is 11.3 Å². The Balaban J connectivity index is 2.11. The number of para-hydroxylation sites is 1. The average molecular weight is 389 g/mol. The van der Waals surface area contributed by atoms with Crippen molar-refractivity contribution in [1.29, 1.82) is 0 Å². The summed E-state index contributed by atoms with van der Waals surface area (Å²) in [5.74, 6) is -0.838. The first kappa shape index (κ1) is 18.8. The molecule has 7 heteroatoms. The lowest BCUT2D eigenvalue weighted by Crippen LogP contribution is -2.31. The molecule has 0 amide bonds. The third-order valence-corrected chi connectivity index (χ3v) is 5.72. The Morgan fingerprint density at radius 2 is 1.67 bits per heavy atom. The minimum Gasteiger partial charge on any atom is -0.497 e. The normalized spacial score (nSPS) is 11.2. The van der Waals surface area contributed by atoms with Gasteiger partial charge in [0.2, 0.25) is 0 Å². The van der Waals surface area contributed by atoms with Crippen molar-refractivity contribution in [2.75, 3.05) is 11.4 Å². The van der Waals surface area contributed by atoms with Crippen LogP contribution in [-0.2, 0) is 16.6 Å². The molecule has 3 aromatic carbocycles. The fraction of sp³-hybridized carbons (Fsp3) is 0.100. The minimum absolute atomic E-state index is 0.121. The summed E-state index contributed by atoms with van der Waals surface area (Å²) in [4.78, 5) is -0.256. The van der Waals surface area contributed by atoms with Gasteiger partial charge in [-0.25, -0.2) is 17.2 Å². The van der Waals surface area contributed by atoms with Gasteiger partial charge in [0.25, 0.3) is 10.0 Å². The van der Waals surface area contributed by atoms with Crippen molar-refractivity contribution in [2.45, 2.75) is 11.4 Å². The molecule has 3 aromatic rings. The number of benzene rings is 3. The lowest BCUT2D eigenvalue weighted by molar-refractivity contribution is 0.414. The van der Waals surface area contributed by atoms with Gasteiger partial charge in [0, 0.05) is 0 Å². The molecule has 0 unspecified atom stereocenters. The third-order valence-electron chi connectivity index (χ3n) is 3.97. The molecule has 0 bridgehead atoms. The predicted octanol–water partition coefficient (Wildman–Crippen LogP) is 4.37. The first-order chi connectivity index (χ1) is 12.9. The number of ether oxygens (including phenoxy) is 1. The molecule has 0 aliphatic rings. The zero-order valence-electron chi connectivity index (χ0n) is 14.5. The third kappa shape index (κ3) is 4.09. The summed E-state index contributed by atoms with van der Waals surface area (Å²) in [7, 11) is -2.71.